The lowest BCUT2D eigenvalue weighted by atomic mass is 10.1. The monoisotopic (exact) mass is 440 g/mol. The molecular formula is C21H20N4O3S2. The third-order valence-electron chi connectivity index (χ3n) is 4.54. The highest BCUT2D eigenvalue weighted by Crippen LogP contribution is 2.34. The zero-order valence-corrected chi connectivity index (χ0v) is 18.2. The second-order valence-electron chi connectivity index (χ2n) is 6.32. The van der Waals surface area contributed by atoms with Crippen molar-refractivity contribution in [3.05, 3.63) is 74.7 Å². The van der Waals surface area contributed by atoms with Gasteiger partial charge in [-0.05, 0) is 55.9 Å². The van der Waals surface area contributed by atoms with E-state index in [1.54, 1.807) is 24.4 Å². The van der Waals surface area contributed by atoms with Crippen molar-refractivity contribution in [2.24, 2.45) is 5.10 Å². The first-order chi connectivity index (χ1) is 14.4. The van der Waals surface area contributed by atoms with E-state index in [0.29, 0.717) is 10.5 Å². The van der Waals surface area contributed by atoms with Gasteiger partial charge in [-0.25, -0.2) is 0 Å². The van der Waals surface area contributed by atoms with Crippen molar-refractivity contribution in [3.63, 3.8) is 0 Å². The molecule has 1 saturated heterocycles. The second kappa shape index (κ2) is 9.64. The Hall–Kier alpha value is -3.04. The van der Waals surface area contributed by atoms with Gasteiger partial charge in [-0.15, -0.1) is 0 Å². The Morgan fingerprint density at radius 2 is 1.83 bits per heavy atom. The number of nitro benzene ring substituents is 1. The first-order valence-electron chi connectivity index (χ1n) is 9.35. The van der Waals surface area contributed by atoms with Crippen molar-refractivity contribution in [2.75, 3.05) is 18.0 Å². The van der Waals surface area contributed by atoms with E-state index < -0.39 is 10.8 Å². The summed E-state index contributed by atoms with van der Waals surface area (Å²) >= 11 is 6.34. The number of carbonyl (C=O) groups excluding carboxylic acids is 1. The van der Waals surface area contributed by atoms with Gasteiger partial charge < -0.3 is 4.90 Å². The molecule has 9 heteroatoms. The Bertz CT molecular complexity index is 1030. The smallest absolute Gasteiger partial charge is 0.286 e. The number of para-hydroxylation sites is 1. The standard InChI is InChI=1S/C21H20N4O3S2/c1-3-23(4-2)17-11-9-15(10-12-17)14-22-24-20(26)19(30-21(24)29)13-16-7-5-6-8-18(16)25(27)28/h5-14H,3-4H2,1-2H3/b19-13+,22-14+. The van der Waals surface area contributed by atoms with Crippen LogP contribution >= 0.6 is 24.0 Å². The van der Waals surface area contributed by atoms with E-state index in [1.165, 1.54) is 12.1 Å². The van der Waals surface area contributed by atoms with Gasteiger partial charge in [0.25, 0.3) is 11.6 Å². The van der Waals surface area contributed by atoms with Crippen LogP contribution in [0.5, 0.6) is 0 Å². The molecule has 0 aliphatic carbocycles. The van der Waals surface area contributed by atoms with Gasteiger partial charge in [0.2, 0.25) is 0 Å². The van der Waals surface area contributed by atoms with Crippen LogP contribution in [0.2, 0.25) is 0 Å². The minimum absolute atomic E-state index is 0.0699. The highest BCUT2D eigenvalue weighted by molar-refractivity contribution is 8.26. The topological polar surface area (TPSA) is 79.0 Å². The highest BCUT2D eigenvalue weighted by Gasteiger charge is 2.32. The first-order valence-corrected chi connectivity index (χ1v) is 10.6. The predicted octanol–water partition coefficient (Wildman–Crippen LogP) is 4.68. The van der Waals surface area contributed by atoms with Crippen molar-refractivity contribution in [1.29, 1.82) is 0 Å². The Labute approximate surface area is 184 Å². The van der Waals surface area contributed by atoms with Gasteiger partial charge in [-0.2, -0.15) is 10.1 Å². The van der Waals surface area contributed by atoms with Crippen LogP contribution in [0.25, 0.3) is 6.08 Å². The molecule has 0 spiro atoms. The second-order valence-corrected chi connectivity index (χ2v) is 7.99. The molecule has 2 aromatic carbocycles. The van der Waals surface area contributed by atoms with Crippen molar-refractivity contribution in [3.8, 4) is 0 Å². The number of carbonyl (C=O) groups is 1. The molecular weight excluding hydrogens is 420 g/mol. The number of nitro groups is 1. The van der Waals surface area contributed by atoms with E-state index in [9.17, 15) is 14.9 Å². The number of nitrogens with zero attached hydrogens (tertiary/aromatic N) is 4. The molecule has 0 bridgehead atoms. The molecule has 1 amide bonds. The van der Waals surface area contributed by atoms with E-state index in [-0.39, 0.29) is 10.0 Å². The molecule has 30 heavy (non-hydrogen) atoms. The average molecular weight is 441 g/mol. The number of rotatable bonds is 7. The van der Waals surface area contributed by atoms with Crippen LogP contribution in [-0.2, 0) is 4.79 Å². The molecule has 1 heterocycles. The van der Waals surface area contributed by atoms with Crippen LogP contribution in [0, 0.1) is 10.1 Å². The molecule has 1 aliphatic rings. The molecule has 0 atom stereocenters. The summed E-state index contributed by atoms with van der Waals surface area (Å²) in [6, 6.07) is 14.1. The Morgan fingerprint density at radius 3 is 2.47 bits per heavy atom. The molecule has 0 unspecified atom stereocenters. The molecule has 0 radical (unpaired) electrons. The van der Waals surface area contributed by atoms with Gasteiger partial charge in [-0.1, -0.05) is 36.0 Å². The lowest BCUT2D eigenvalue weighted by Gasteiger charge is -2.20. The van der Waals surface area contributed by atoms with Crippen LogP contribution in [0.15, 0.2) is 58.5 Å². The predicted molar refractivity (Wildman–Crippen MR) is 126 cm³/mol. The van der Waals surface area contributed by atoms with Crippen LogP contribution in [-0.4, -0.2) is 39.5 Å². The van der Waals surface area contributed by atoms with Crippen LogP contribution in [0.4, 0.5) is 11.4 Å². The van der Waals surface area contributed by atoms with Gasteiger partial charge in [0.05, 0.1) is 21.6 Å². The summed E-state index contributed by atoms with van der Waals surface area (Å²) < 4.78 is 0.279. The lowest BCUT2D eigenvalue weighted by molar-refractivity contribution is -0.385. The fraction of sp³-hybridized carbons (Fsp3) is 0.190. The summed E-state index contributed by atoms with van der Waals surface area (Å²) in [5.74, 6) is -0.404. The summed E-state index contributed by atoms with van der Waals surface area (Å²) in [4.78, 5) is 25.9. The summed E-state index contributed by atoms with van der Waals surface area (Å²) in [5.41, 5.74) is 2.23. The number of thiocarbonyl (C=S) groups is 1. The van der Waals surface area contributed by atoms with Gasteiger partial charge in [0, 0.05) is 24.8 Å². The molecule has 1 aliphatic heterocycles. The number of hydrogen-bond acceptors (Lipinski definition) is 7. The summed E-state index contributed by atoms with van der Waals surface area (Å²) in [5, 5.41) is 16.6. The third kappa shape index (κ3) is 4.74. The Balaban J connectivity index is 1.78. The molecule has 0 aromatic heterocycles. The summed E-state index contributed by atoms with van der Waals surface area (Å²) in [6.45, 7) is 6.05. The minimum Gasteiger partial charge on any atom is -0.372 e. The van der Waals surface area contributed by atoms with E-state index >= 15 is 0 Å². The fourth-order valence-electron chi connectivity index (χ4n) is 2.96. The van der Waals surface area contributed by atoms with Crippen molar-refractivity contribution in [1.82, 2.24) is 5.01 Å². The maximum Gasteiger partial charge on any atom is 0.286 e. The van der Waals surface area contributed by atoms with Crippen LogP contribution < -0.4 is 4.90 Å². The van der Waals surface area contributed by atoms with Crippen molar-refractivity contribution in [2.45, 2.75) is 13.8 Å². The number of amides is 1. The molecule has 3 rings (SSSR count). The molecule has 7 nitrogen and oxygen atoms in total. The Kier molecular flexibility index (Phi) is 6.96. The maximum absolute atomic E-state index is 12.7. The normalized spacial score (nSPS) is 15.4. The summed E-state index contributed by atoms with van der Waals surface area (Å²) in [7, 11) is 0. The minimum atomic E-state index is -0.480. The number of thioether (sulfide) groups is 1. The molecule has 154 valence electrons. The lowest BCUT2D eigenvalue weighted by Crippen LogP contribution is -2.22. The fourth-order valence-corrected chi connectivity index (χ4v) is 4.12. The number of hydrogen-bond donors (Lipinski definition) is 0. The van der Waals surface area contributed by atoms with E-state index in [1.807, 2.05) is 24.3 Å². The molecule has 0 N–H and O–H groups in total. The largest absolute Gasteiger partial charge is 0.372 e. The van der Waals surface area contributed by atoms with Crippen LogP contribution in [0.1, 0.15) is 25.0 Å². The van der Waals surface area contributed by atoms with Gasteiger partial charge in [0.1, 0.15) is 0 Å². The van der Waals surface area contributed by atoms with Crippen molar-refractivity contribution >= 4 is 57.9 Å². The zero-order chi connectivity index (χ0) is 21.7. The van der Waals surface area contributed by atoms with Gasteiger partial charge >= 0.3 is 0 Å². The van der Waals surface area contributed by atoms with Gasteiger partial charge in [0.15, 0.2) is 4.32 Å². The van der Waals surface area contributed by atoms with E-state index in [4.69, 9.17) is 12.2 Å². The highest BCUT2D eigenvalue weighted by atomic mass is 32.2. The van der Waals surface area contributed by atoms with Crippen LogP contribution in [0.3, 0.4) is 0 Å². The van der Waals surface area contributed by atoms with E-state index in [2.05, 4.69) is 23.8 Å². The average Bonchev–Trinajstić information content (AvgIpc) is 3.01. The van der Waals surface area contributed by atoms with Gasteiger partial charge in [-0.3, -0.25) is 14.9 Å². The molecule has 1 fully saturated rings. The Morgan fingerprint density at radius 1 is 1.17 bits per heavy atom. The zero-order valence-electron chi connectivity index (χ0n) is 16.5. The van der Waals surface area contributed by atoms with Crippen molar-refractivity contribution < 1.29 is 9.72 Å². The summed E-state index contributed by atoms with van der Waals surface area (Å²) in [6.07, 6.45) is 3.05. The SMILES string of the molecule is CCN(CC)c1ccc(/C=N/N2C(=O)/C(=C\c3ccccc3[N+](=O)[O-])SC2=S)cc1. The quantitative estimate of drug-likeness (QED) is 0.205. The molecule has 2 aromatic rings. The number of hydrazone groups is 1. The number of anilines is 1. The first kappa shape index (κ1) is 21.7. The number of benzene rings is 2. The third-order valence-corrected chi connectivity index (χ3v) is 5.82. The molecule has 0 saturated carbocycles. The van der Waals surface area contributed by atoms with E-state index in [0.717, 1.165) is 41.1 Å². The maximum atomic E-state index is 12.7.